The van der Waals surface area contributed by atoms with Gasteiger partial charge in [-0.25, -0.2) is 4.79 Å². The standard InChI is InChI=1S/C31H33F3O6/c1-8-19-16(4)20-9-25(35)39-26(36)10-21(20)17(5)24(19)13-30(7,31(32,33)34)12-23-15(3)14(2)22-11-27(37)40-29(38)28(22)18(23)6/h8-13H2,1-7H3. The van der Waals surface area contributed by atoms with Crippen molar-refractivity contribution in [3.8, 4) is 0 Å². The summed E-state index contributed by atoms with van der Waals surface area (Å²) >= 11 is 0. The van der Waals surface area contributed by atoms with Crippen molar-refractivity contribution in [1.29, 1.82) is 0 Å². The molecular formula is C31H33F3O6. The minimum Gasteiger partial charge on any atom is -0.393 e. The number of hydrogen-bond acceptors (Lipinski definition) is 6. The van der Waals surface area contributed by atoms with Crippen molar-refractivity contribution in [1.82, 2.24) is 0 Å². The molecule has 0 amide bonds. The zero-order chi connectivity index (χ0) is 29.9. The van der Waals surface area contributed by atoms with Crippen LogP contribution < -0.4 is 0 Å². The molecule has 0 saturated heterocycles. The summed E-state index contributed by atoms with van der Waals surface area (Å²) in [5.41, 5.74) is 4.14. The Kier molecular flexibility index (Phi) is 7.49. The van der Waals surface area contributed by atoms with Crippen LogP contribution in [0.5, 0.6) is 0 Å². The maximum Gasteiger partial charge on any atom is 0.394 e. The molecule has 0 spiro atoms. The molecule has 2 aromatic rings. The maximum atomic E-state index is 15.0. The summed E-state index contributed by atoms with van der Waals surface area (Å²) in [4.78, 5) is 49.0. The van der Waals surface area contributed by atoms with Crippen LogP contribution in [0.15, 0.2) is 0 Å². The minimum absolute atomic E-state index is 0.107. The third-order valence-electron chi connectivity index (χ3n) is 8.91. The Bertz CT molecular complexity index is 1480. The summed E-state index contributed by atoms with van der Waals surface area (Å²) in [5, 5.41) is 0. The van der Waals surface area contributed by atoms with Gasteiger partial charge in [0.1, 0.15) is 0 Å². The highest BCUT2D eigenvalue weighted by Gasteiger charge is 2.52. The van der Waals surface area contributed by atoms with Gasteiger partial charge < -0.3 is 9.47 Å². The number of halogens is 3. The monoisotopic (exact) mass is 558 g/mol. The van der Waals surface area contributed by atoms with Gasteiger partial charge in [0.05, 0.1) is 30.2 Å². The molecular weight excluding hydrogens is 525 g/mol. The molecule has 0 saturated carbocycles. The molecule has 1 atom stereocenters. The number of benzene rings is 2. The van der Waals surface area contributed by atoms with Gasteiger partial charge in [-0.15, -0.1) is 0 Å². The highest BCUT2D eigenvalue weighted by atomic mass is 19.4. The van der Waals surface area contributed by atoms with Gasteiger partial charge in [-0.05, 0) is 115 Å². The first-order chi connectivity index (χ1) is 18.5. The second-order valence-corrected chi connectivity index (χ2v) is 11.3. The van der Waals surface area contributed by atoms with Crippen LogP contribution in [0.1, 0.15) is 85.4 Å². The van der Waals surface area contributed by atoms with Crippen molar-refractivity contribution in [2.45, 2.75) is 93.2 Å². The first-order valence-electron chi connectivity index (χ1n) is 13.3. The molecule has 4 rings (SSSR count). The fraction of sp³-hybridized carbons (Fsp3) is 0.484. The number of ether oxygens (including phenoxy) is 2. The second kappa shape index (κ2) is 10.2. The molecule has 0 bridgehead atoms. The van der Waals surface area contributed by atoms with E-state index in [4.69, 9.17) is 9.47 Å². The summed E-state index contributed by atoms with van der Waals surface area (Å²) in [6.45, 7) is 11.6. The van der Waals surface area contributed by atoms with Crippen molar-refractivity contribution < 1.29 is 41.8 Å². The lowest BCUT2D eigenvalue weighted by molar-refractivity contribution is -0.217. The Morgan fingerprint density at radius 3 is 1.62 bits per heavy atom. The summed E-state index contributed by atoms with van der Waals surface area (Å²) < 4.78 is 54.8. The molecule has 0 radical (unpaired) electrons. The third kappa shape index (κ3) is 4.84. The van der Waals surface area contributed by atoms with Gasteiger partial charge in [-0.1, -0.05) is 13.8 Å². The Labute approximate surface area is 231 Å². The van der Waals surface area contributed by atoms with Gasteiger partial charge in [0.2, 0.25) is 0 Å². The zero-order valence-corrected chi connectivity index (χ0v) is 23.8. The topological polar surface area (TPSA) is 86.7 Å². The molecule has 0 aromatic heterocycles. The predicted octanol–water partition coefficient (Wildman–Crippen LogP) is 5.55. The molecule has 40 heavy (non-hydrogen) atoms. The number of fused-ring (bicyclic) bond motifs is 2. The van der Waals surface area contributed by atoms with Crippen LogP contribution in [0.4, 0.5) is 13.2 Å². The summed E-state index contributed by atoms with van der Waals surface area (Å²) in [7, 11) is 0. The van der Waals surface area contributed by atoms with Crippen LogP contribution in [0.2, 0.25) is 0 Å². The fourth-order valence-corrected chi connectivity index (χ4v) is 6.39. The molecule has 214 valence electrons. The lowest BCUT2D eigenvalue weighted by Gasteiger charge is -2.36. The first kappa shape index (κ1) is 29.5. The first-order valence-corrected chi connectivity index (χ1v) is 13.3. The zero-order valence-electron chi connectivity index (χ0n) is 23.8. The van der Waals surface area contributed by atoms with Gasteiger partial charge in [0.25, 0.3) is 0 Å². The van der Waals surface area contributed by atoms with E-state index in [-0.39, 0.29) is 31.2 Å². The normalized spacial score (nSPS) is 17.1. The quantitative estimate of drug-likeness (QED) is 0.353. The van der Waals surface area contributed by atoms with Gasteiger partial charge >= 0.3 is 30.1 Å². The average Bonchev–Trinajstić information content (AvgIpc) is 3.00. The molecule has 2 aromatic carbocycles. The Hall–Kier alpha value is -3.49. The highest BCUT2D eigenvalue weighted by Crippen LogP contribution is 2.47. The summed E-state index contributed by atoms with van der Waals surface area (Å²) in [6.07, 6.45) is -5.34. The van der Waals surface area contributed by atoms with Crippen molar-refractivity contribution in [3.63, 3.8) is 0 Å². The predicted molar refractivity (Wildman–Crippen MR) is 140 cm³/mol. The second-order valence-electron chi connectivity index (χ2n) is 11.3. The van der Waals surface area contributed by atoms with E-state index in [1.54, 1.807) is 34.6 Å². The van der Waals surface area contributed by atoms with Gasteiger partial charge in [0, 0.05) is 0 Å². The van der Waals surface area contributed by atoms with Crippen LogP contribution in [0, 0.1) is 40.0 Å². The van der Waals surface area contributed by atoms with Gasteiger partial charge in [-0.2, -0.15) is 13.2 Å². The lowest BCUT2D eigenvalue weighted by atomic mass is 9.71. The molecule has 9 heteroatoms. The molecule has 2 heterocycles. The van der Waals surface area contributed by atoms with Gasteiger partial charge in [0.15, 0.2) is 0 Å². The van der Waals surface area contributed by atoms with Crippen LogP contribution in [-0.4, -0.2) is 30.1 Å². The Morgan fingerprint density at radius 1 is 0.625 bits per heavy atom. The SMILES string of the molecule is CCc1c(C)c2c(c(C)c1CC(C)(Cc1c(C)c(C)c3c(c1C)C(=O)OC(=O)C3)C(F)(F)F)CC(=O)OC(=O)C2. The number of rotatable bonds is 5. The largest absolute Gasteiger partial charge is 0.394 e. The van der Waals surface area contributed by atoms with Gasteiger partial charge in [-0.3, -0.25) is 14.4 Å². The van der Waals surface area contributed by atoms with Crippen LogP contribution >= 0.6 is 0 Å². The van der Waals surface area contributed by atoms with E-state index < -0.39 is 41.9 Å². The number of cyclic esters (lactones) is 4. The van der Waals surface area contributed by atoms with Crippen molar-refractivity contribution in [2.75, 3.05) is 0 Å². The van der Waals surface area contributed by atoms with E-state index in [9.17, 15) is 19.2 Å². The molecule has 0 aliphatic carbocycles. The third-order valence-corrected chi connectivity index (χ3v) is 8.91. The minimum atomic E-state index is -4.63. The van der Waals surface area contributed by atoms with Crippen molar-refractivity contribution in [3.05, 3.63) is 66.8 Å². The smallest absolute Gasteiger partial charge is 0.393 e. The molecule has 1 unspecified atom stereocenters. The van der Waals surface area contributed by atoms with Crippen LogP contribution in [0.3, 0.4) is 0 Å². The highest BCUT2D eigenvalue weighted by molar-refractivity contribution is 6.04. The van der Waals surface area contributed by atoms with E-state index in [2.05, 4.69) is 0 Å². The molecule has 0 fully saturated rings. The number of esters is 4. The maximum absolute atomic E-state index is 15.0. The Balaban J connectivity index is 1.89. The fourth-order valence-electron chi connectivity index (χ4n) is 6.39. The lowest BCUT2D eigenvalue weighted by Crippen LogP contribution is -2.40. The van der Waals surface area contributed by atoms with E-state index in [0.717, 1.165) is 5.56 Å². The van der Waals surface area contributed by atoms with E-state index in [1.807, 2.05) is 6.92 Å². The van der Waals surface area contributed by atoms with Crippen molar-refractivity contribution >= 4 is 23.9 Å². The number of carbonyl (C=O) groups excluding carboxylic acids is 4. The van der Waals surface area contributed by atoms with E-state index >= 15 is 13.2 Å². The molecule has 2 aliphatic rings. The molecule has 0 N–H and O–H groups in total. The van der Waals surface area contributed by atoms with Crippen LogP contribution in [-0.2, 0) is 62.4 Å². The number of hydrogen-bond donors (Lipinski definition) is 0. The average molecular weight is 559 g/mol. The molecule has 2 aliphatic heterocycles. The summed E-state index contributed by atoms with van der Waals surface area (Å²) in [6, 6.07) is 0. The Morgan fingerprint density at radius 2 is 1.10 bits per heavy atom. The number of alkyl halides is 3. The molecule has 6 nitrogen and oxygen atoms in total. The number of carbonyl (C=O) groups is 4. The summed E-state index contributed by atoms with van der Waals surface area (Å²) in [5.74, 6) is -2.91. The van der Waals surface area contributed by atoms with E-state index in [0.29, 0.717) is 62.1 Å². The van der Waals surface area contributed by atoms with E-state index in [1.165, 1.54) is 6.92 Å². The van der Waals surface area contributed by atoms with Crippen molar-refractivity contribution in [2.24, 2.45) is 5.41 Å². The van der Waals surface area contributed by atoms with Crippen LogP contribution in [0.25, 0.3) is 0 Å².